The van der Waals surface area contributed by atoms with Crippen molar-refractivity contribution >= 4 is 21.6 Å². The number of urea groups is 1. The summed E-state index contributed by atoms with van der Waals surface area (Å²) in [6, 6.07) is 17.7. The monoisotopic (exact) mass is 495 g/mol. The molecule has 1 spiro atoms. The number of sulfone groups is 1. The van der Waals surface area contributed by atoms with E-state index in [2.05, 4.69) is 54.2 Å². The van der Waals surface area contributed by atoms with Gasteiger partial charge in [0, 0.05) is 24.0 Å². The Morgan fingerprint density at radius 3 is 2.09 bits per heavy atom. The molecule has 0 aromatic heterocycles. The molecule has 2 aromatic rings. The van der Waals surface area contributed by atoms with Gasteiger partial charge in [-0.2, -0.15) is 0 Å². The predicted molar refractivity (Wildman–Crippen MR) is 139 cm³/mol. The van der Waals surface area contributed by atoms with E-state index < -0.39 is 9.84 Å². The number of carbonyl (C=O) groups is 1. The molecule has 6 nitrogen and oxygen atoms in total. The molecule has 7 heteroatoms. The van der Waals surface area contributed by atoms with Crippen LogP contribution in [0.5, 0.6) is 0 Å². The van der Waals surface area contributed by atoms with Crippen molar-refractivity contribution in [2.45, 2.75) is 60.9 Å². The fourth-order valence-electron chi connectivity index (χ4n) is 6.38. The van der Waals surface area contributed by atoms with Crippen molar-refractivity contribution in [1.29, 1.82) is 0 Å². The first kappa shape index (κ1) is 24.3. The number of anilines is 1. The average molecular weight is 496 g/mol. The first-order valence-electron chi connectivity index (χ1n) is 12.8. The summed E-state index contributed by atoms with van der Waals surface area (Å²) >= 11 is 0. The largest absolute Gasteiger partial charge is 0.325 e. The van der Waals surface area contributed by atoms with Crippen molar-refractivity contribution in [1.82, 2.24) is 9.80 Å². The summed E-state index contributed by atoms with van der Waals surface area (Å²) in [7, 11) is 1.07. The minimum atomic E-state index is -3.27. The third-order valence-corrected chi connectivity index (χ3v) is 10.0. The minimum Gasteiger partial charge on any atom is -0.317 e. The lowest BCUT2D eigenvalue weighted by Gasteiger charge is -2.51. The summed E-state index contributed by atoms with van der Waals surface area (Å²) < 4.78 is 23.8. The maximum Gasteiger partial charge on any atom is 0.325 e. The molecule has 2 amide bonds. The van der Waals surface area contributed by atoms with Crippen LogP contribution in [-0.2, 0) is 15.4 Å². The molecular formula is C28H37N3O3S. The zero-order valence-corrected chi connectivity index (χ0v) is 21.9. The molecule has 2 aromatic carbocycles. The molecule has 0 unspecified atom stereocenters. The summed E-state index contributed by atoms with van der Waals surface area (Å²) in [5.41, 5.74) is 1.92. The topological polar surface area (TPSA) is 60.9 Å². The molecule has 1 heterocycles. The average Bonchev–Trinajstić information content (AvgIpc) is 3.08. The molecule has 0 bridgehead atoms. The van der Waals surface area contributed by atoms with Crippen molar-refractivity contribution in [2.24, 2.45) is 5.92 Å². The molecule has 1 aliphatic heterocycles. The van der Waals surface area contributed by atoms with E-state index in [-0.39, 0.29) is 22.0 Å². The molecule has 2 aliphatic carbocycles. The molecule has 188 valence electrons. The molecule has 3 aliphatic rings. The highest BCUT2D eigenvalue weighted by molar-refractivity contribution is 7.90. The highest BCUT2D eigenvalue weighted by Gasteiger charge is 2.55. The fraction of sp³-hybridized carbons (Fsp3) is 0.536. The fourth-order valence-corrected chi connectivity index (χ4v) is 7.01. The van der Waals surface area contributed by atoms with E-state index >= 15 is 0 Å². The molecular weight excluding hydrogens is 458 g/mol. The van der Waals surface area contributed by atoms with Gasteiger partial charge in [0.15, 0.2) is 9.84 Å². The summed E-state index contributed by atoms with van der Waals surface area (Å²) in [6.07, 6.45) is 8.78. The van der Waals surface area contributed by atoms with Crippen LogP contribution in [0.25, 0.3) is 0 Å². The predicted octanol–water partition coefficient (Wildman–Crippen LogP) is 4.90. The van der Waals surface area contributed by atoms with Crippen molar-refractivity contribution in [3.8, 4) is 0 Å². The van der Waals surface area contributed by atoms with Crippen molar-refractivity contribution in [3.05, 3.63) is 60.2 Å². The van der Waals surface area contributed by atoms with Crippen LogP contribution < -0.4 is 4.90 Å². The van der Waals surface area contributed by atoms with Crippen LogP contribution in [0.4, 0.5) is 10.5 Å². The van der Waals surface area contributed by atoms with Crippen LogP contribution in [0.2, 0.25) is 0 Å². The van der Waals surface area contributed by atoms with Gasteiger partial charge in [0.25, 0.3) is 0 Å². The van der Waals surface area contributed by atoms with E-state index in [9.17, 15) is 13.2 Å². The van der Waals surface area contributed by atoms with Gasteiger partial charge >= 0.3 is 6.03 Å². The lowest BCUT2D eigenvalue weighted by Crippen LogP contribution is -2.56. The number of carbonyl (C=O) groups excluding carboxylic acids is 1. The minimum absolute atomic E-state index is 0.0255. The van der Waals surface area contributed by atoms with Gasteiger partial charge in [-0.15, -0.1) is 0 Å². The van der Waals surface area contributed by atoms with Gasteiger partial charge in [0.05, 0.1) is 17.0 Å². The summed E-state index contributed by atoms with van der Waals surface area (Å²) in [6.45, 7) is 1.49. The molecule has 0 N–H and O–H groups in total. The van der Waals surface area contributed by atoms with E-state index in [1.165, 1.54) is 31.1 Å². The number of nitrogens with zero attached hydrogens (tertiary/aromatic N) is 3. The number of amides is 2. The zero-order valence-electron chi connectivity index (χ0n) is 21.1. The maximum absolute atomic E-state index is 13.8. The normalized spacial score (nSPS) is 27.6. The van der Waals surface area contributed by atoms with Crippen LogP contribution in [0.3, 0.4) is 0 Å². The van der Waals surface area contributed by atoms with Crippen LogP contribution >= 0.6 is 0 Å². The van der Waals surface area contributed by atoms with Crippen LogP contribution in [0, 0.1) is 5.92 Å². The molecule has 0 atom stereocenters. The third-order valence-electron chi connectivity index (χ3n) is 8.90. The van der Waals surface area contributed by atoms with E-state index in [0.29, 0.717) is 12.5 Å². The van der Waals surface area contributed by atoms with Gasteiger partial charge in [-0.3, -0.25) is 9.80 Å². The Kier molecular flexibility index (Phi) is 6.20. The third kappa shape index (κ3) is 4.27. The van der Waals surface area contributed by atoms with Crippen molar-refractivity contribution in [2.75, 3.05) is 38.3 Å². The second-order valence-electron chi connectivity index (χ2n) is 11.1. The lowest BCUT2D eigenvalue weighted by atomic mass is 9.68. The second-order valence-corrected chi connectivity index (χ2v) is 13.1. The first-order chi connectivity index (χ1) is 16.6. The highest BCUT2D eigenvalue weighted by Crippen LogP contribution is 2.50. The number of hydrogen-bond donors (Lipinski definition) is 0. The van der Waals surface area contributed by atoms with Crippen molar-refractivity contribution < 1.29 is 13.2 Å². The van der Waals surface area contributed by atoms with E-state index in [1.54, 1.807) is 24.3 Å². The maximum atomic E-state index is 13.8. The molecule has 35 heavy (non-hydrogen) atoms. The highest BCUT2D eigenvalue weighted by atomic mass is 32.2. The van der Waals surface area contributed by atoms with Gasteiger partial charge < -0.3 is 4.90 Å². The van der Waals surface area contributed by atoms with Gasteiger partial charge in [-0.1, -0.05) is 36.8 Å². The van der Waals surface area contributed by atoms with E-state index in [4.69, 9.17) is 0 Å². The lowest BCUT2D eigenvalue weighted by molar-refractivity contribution is 0.0172. The standard InChI is InChI=1S/C28H37N3O3S/c1-29(2)28(23-10-5-4-6-11-23)18-16-27(17-19-28)21-30(26(32)31(27)20-22-8-7-9-22)24-12-14-25(15-13-24)35(3,33)34/h4-6,10-15,22H,7-9,16-21H2,1-3H3. The molecule has 0 radical (unpaired) electrons. The summed E-state index contributed by atoms with van der Waals surface area (Å²) in [5.74, 6) is 0.595. The zero-order chi connectivity index (χ0) is 24.8. The molecule has 5 rings (SSSR count). The Bertz CT molecular complexity index is 1170. The smallest absolute Gasteiger partial charge is 0.317 e. The first-order valence-corrected chi connectivity index (χ1v) is 14.7. The Labute approximate surface area is 209 Å². The van der Waals surface area contributed by atoms with E-state index in [1.807, 2.05) is 4.90 Å². The van der Waals surface area contributed by atoms with E-state index in [0.717, 1.165) is 37.9 Å². The Balaban J connectivity index is 1.44. The molecule has 2 saturated carbocycles. The van der Waals surface area contributed by atoms with Crippen molar-refractivity contribution in [3.63, 3.8) is 0 Å². The second kappa shape index (κ2) is 8.93. The molecule has 1 saturated heterocycles. The van der Waals surface area contributed by atoms with Crippen LogP contribution in [0.15, 0.2) is 59.5 Å². The van der Waals surface area contributed by atoms with Gasteiger partial charge in [-0.05, 0) is 88.4 Å². The summed E-state index contributed by atoms with van der Waals surface area (Å²) in [4.78, 5) is 20.5. The Morgan fingerprint density at radius 1 is 0.943 bits per heavy atom. The SMILES string of the molecule is CN(C)C1(c2ccccc2)CCC2(CC1)CN(c1ccc(S(C)(=O)=O)cc1)C(=O)N2CC1CCC1. The Morgan fingerprint density at radius 2 is 1.57 bits per heavy atom. The van der Waals surface area contributed by atoms with Gasteiger partial charge in [0.2, 0.25) is 0 Å². The quantitative estimate of drug-likeness (QED) is 0.572. The number of rotatable bonds is 6. The van der Waals surface area contributed by atoms with Gasteiger partial charge in [-0.25, -0.2) is 13.2 Å². The van der Waals surface area contributed by atoms with Gasteiger partial charge in [0.1, 0.15) is 0 Å². The number of hydrogen-bond acceptors (Lipinski definition) is 4. The molecule has 3 fully saturated rings. The summed E-state index contributed by atoms with van der Waals surface area (Å²) in [5, 5.41) is 0. The van der Waals surface area contributed by atoms with Crippen LogP contribution in [-0.4, -0.2) is 63.2 Å². The Hall–Kier alpha value is -2.38. The van der Waals surface area contributed by atoms with Crippen LogP contribution in [0.1, 0.15) is 50.5 Å². The number of benzene rings is 2.